The van der Waals surface area contributed by atoms with Crippen LogP contribution < -0.4 is 10.6 Å². The Balaban J connectivity index is 2.38. The Kier molecular flexibility index (Phi) is 3.44. The molecule has 1 aliphatic heterocycles. The summed E-state index contributed by atoms with van der Waals surface area (Å²) in [7, 11) is 0. The summed E-state index contributed by atoms with van der Waals surface area (Å²) in [5.41, 5.74) is 6.41. The Morgan fingerprint density at radius 2 is 2.39 bits per heavy atom. The number of nitriles is 1. The fourth-order valence-corrected chi connectivity index (χ4v) is 2.36. The van der Waals surface area contributed by atoms with Gasteiger partial charge in [0.25, 0.3) is 5.69 Å². The maximum atomic E-state index is 10.9. The summed E-state index contributed by atoms with van der Waals surface area (Å²) in [6.45, 7) is 1.39. The molecule has 0 radical (unpaired) electrons. The zero-order valence-electron chi connectivity index (χ0n) is 9.87. The van der Waals surface area contributed by atoms with Crippen LogP contribution in [0.3, 0.4) is 0 Å². The number of benzene rings is 1. The van der Waals surface area contributed by atoms with Crippen LogP contribution in [0.4, 0.5) is 11.4 Å². The van der Waals surface area contributed by atoms with E-state index in [4.69, 9.17) is 11.0 Å². The summed E-state index contributed by atoms with van der Waals surface area (Å²) >= 11 is 0. The molecule has 0 saturated carbocycles. The summed E-state index contributed by atoms with van der Waals surface area (Å²) in [4.78, 5) is 12.5. The highest BCUT2D eigenvalue weighted by Crippen LogP contribution is 2.29. The quantitative estimate of drug-likeness (QED) is 0.642. The minimum absolute atomic E-state index is 0.0900. The molecule has 1 atom stereocenters. The second-order valence-electron chi connectivity index (χ2n) is 4.30. The van der Waals surface area contributed by atoms with Gasteiger partial charge >= 0.3 is 0 Å². The van der Waals surface area contributed by atoms with Gasteiger partial charge in [0.1, 0.15) is 11.6 Å². The van der Waals surface area contributed by atoms with E-state index in [-0.39, 0.29) is 17.3 Å². The zero-order valence-corrected chi connectivity index (χ0v) is 9.87. The first-order valence-corrected chi connectivity index (χ1v) is 5.82. The van der Waals surface area contributed by atoms with Gasteiger partial charge in [-0.1, -0.05) is 0 Å². The molecule has 1 saturated heterocycles. The second-order valence-corrected chi connectivity index (χ2v) is 4.30. The first-order valence-electron chi connectivity index (χ1n) is 5.82. The van der Waals surface area contributed by atoms with Crippen LogP contribution in [-0.2, 0) is 0 Å². The summed E-state index contributed by atoms with van der Waals surface area (Å²) < 4.78 is 0. The molecule has 0 amide bonds. The van der Waals surface area contributed by atoms with Gasteiger partial charge in [-0.05, 0) is 25.0 Å². The standard InChI is InChI=1S/C12H14N4O2/c13-7-9-3-4-10(6-12(9)16(17)18)15-5-1-2-11(15)8-14/h3-4,6,11H,1-2,5,8,14H2. The molecule has 0 aromatic heterocycles. The molecule has 1 unspecified atom stereocenters. The average Bonchev–Trinajstić information content (AvgIpc) is 2.86. The number of hydrogen-bond donors (Lipinski definition) is 1. The van der Waals surface area contributed by atoms with Crippen molar-refractivity contribution < 1.29 is 4.92 Å². The topological polar surface area (TPSA) is 96.2 Å². The number of rotatable bonds is 3. The highest BCUT2D eigenvalue weighted by atomic mass is 16.6. The Morgan fingerprint density at radius 1 is 1.61 bits per heavy atom. The first kappa shape index (κ1) is 12.3. The Bertz CT molecular complexity index is 509. The summed E-state index contributed by atoms with van der Waals surface area (Å²) in [6.07, 6.45) is 2.04. The number of nitro benzene ring substituents is 1. The maximum Gasteiger partial charge on any atom is 0.289 e. The normalized spacial score (nSPS) is 18.7. The van der Waals surface area contributed by atoms with Crippen molar-refractivity contribution in [2.75, 3.05) is 18.0 Å². The lowest BCUT2D eigenvalue weighted by atomic mass is 10.1. The van der Waals surface area contributed by atoms with Crippen molar-refractivity contribution in [3.05, 3.63) is 33.9 Å². The van der Waals surface area contributed by atoms with E-state index in [1.165, 1.54) is 12.1 Å². The van der Waals surface area contributed by atoms with Crippen LogP contribution in [0.5, 0.6) is 0 Å². The molecule has 1 heterocycles. The van der Waals surface area contributed by atoms with E-state index in [9.17, 15) is 10.1 Å². The van der Waals surface area contributed by atoms with E-state index in [0.717, 1.165) is 25.1 Å². The van der Waals surface area contributed by atoms with Gasteiger partial charge in [-0.3, -0.25) is 10.1 Å². The molecule has 94 valence electrons. The van der Waals surface area contributed by atoms with Crippen LogP contribution in [0.25, 0.3) is 0 Å². The number of nitrogens with two attached hydrogens (primary N) is 1. The van der Waals surface area contributed by atoms with Crippen molar-refractivity contribution in [3.63, 3.8) is 0 Å². The van der Waals surface area contributed by atoms with Gasteiger partial charge in [0.2, 0.25) is 0 Å². The third-order valence-corrected chi connectivity index (χ3v) is 3.28. The molecular weight excluding hydrogens is 232 g/mol. The van der Waals surface area contributed by atoms with Gasteiger partial charge in [0, 0.05) is 30.9 Å². The number of hydrogen-bond acceptors (Lipinski definition) is 5. The molecule has 1 aliphatic rings. The third-order valence-electron chi connectivity index (χ3n) is 3.28. The van der Waals surface area contributed by atoms with Crippen molar-refractivity contribution in [2.45, 2.75) is 18.9 Å². The van der Waals surface area contributed by atoms with Crippen LogP contribution >= 0.6 is 0 Å². The first-order chi connectivity index (χ1) is 8.67. The van der Waals surface area contributed by atoms with E-state index in [1.54, 1.807) is 6.07 Å². The molecule has 1 aromatic carbocycles. The average molecular weight is 246 g/mol. The Morgan fingerprint density at radius 3 is 3.00 bits per heavy atom. The van der Waals surface area contributed by atoms with Crippen molar-refractivity contribution >= 4 is 11.4 Å². The molecule has 6 heteroatoms. The molecule has 18 heavy (non-hydrogen) atoms. The molecular formula is C12H14N4O2. The van der Waals surface area contributed by atoms with Crippen molar-refractivity contribution in [2.24, 2.45) is 5.73 Å². The SMILES string of the molecule is N#Cc1ccc(N2CCCC2CN)cc1[N+](=O)[O-]. The van der Waals surface area contributed by atoms with Crippen LogP contribution in [0.15, 0.2) is 18.2 Å². The molecule has 0 bridgehead atoms. The number of anilines is 1. The number of nitrogens with zero attached hydrogens (tertiary/aromatic N) is 3. The van der Waals surface area contributed by atoms with E-state index in [2.05, 4.69) is 4.90 Å². The minimum atomic E-state index is -0.518. The van der Waals surface area contributed by atoms with Crippen LogP contribution in [0.2, 0.25) is 0 Å². The van der Waals surface area contributed by atoms with Gasteiger partial charge < -0.3 is 10.6 Å². The lowest BCUT2D eigenvalue weighted by Crippen LogP contribution is -2.35. The van der Waals surface area contributed by atoms with Gasteiger partial charge in [0.15, 0.2) is 0 Å². The molecule has 0 aliphatic carbocycles. The van der Waals surface area contributed by atoms with Gasteiger partial charge in [-0.15, -0.1) is 0 Å². The predicted molar refractivity (Wildman–Crippen MR) is 67.2 cm³/mol. The molecule has 2 rings (SSSR count). The van der Waals surface area contributed by atoms with Crippen molar-refractivity contribution in [1.82, 2.24) is 0 Å². The van der Waals surface area contributed by atoms with E-state index < -0.39 is 4.92 Å². The van der Waals surface area contributed by atoms with E-state index >= 15 is 0 Å². The highest BCUT2D eigenvalue weighted by Gasteiger charge is 2.25. The van der Waals surface area contributed by atoms with Gasteiger partial charge in [-0.25, -0.2) is 0 Å². The highest BCUT2D eigenvalue weighted by molar-refractivity contribution is 5.61. The van der Waals surface area contributed by atoms with E-state index in [0.29, 0.717) is 6.54 Å². The lowest BCUT2D eigenvalue weighted by Gasteiger charge is -2.25. The smallest absolute Gasteiger partial charge is 0.289 e. The lowest BCUT2D eigenvalue weighted by molar-refractivity contribution is -0.385. The van der Waals surface area contributed by atoms with Crippen molar-refractivity contribution in [1.29, 1.82) is 5.26 Å². The molecule has 1 fully saturated rings. The predicted octanol–water partition coefficient (Wildman–Crippen LogP) is 1.39. The second kappa shape index (κ2) is 5.02. The van der Waals surface area contributed by atoms with Gasteiger partial charge in [0.05, 0.1) is 4.92 Å². The maximum absolute atomic E-state index is 10.9. The molecule has 2 N–H and O–H groups in total. The van der Waals surface area contributed by atoms with Crippen LogP contribution in [0.1, 0.15) is 18.4 Å². The minimum Gasteiger partial charge on any atom is -0.367 e. The summed E-state index contributed by atoms with van der Waals surface area (Å²) in [5.74, 6) is 0. The molecule has 1 aromatic rings. The molecule has 6 nitrogen and oxygen atoms in total. The Labute approximate surface area is 105 Å². The largest absolute Gasteiger partial charge is 0.367 e. The third kappa shape index (κ3) is 2.13. The van der Waals surface area contributed by atoms with E-state index in [1.807, 2.05) is 6.07 Å². The fourth-order valence-electron chi connectivity index (χ4n) is 2.36. The van der Waals surface area contributed by atoms with Crippen LogP contribution in [-0.4, -0.2) is 24.1 Å². The summed E-state index contributed by atoms with van der Waals surface area (Å²) in [6, 6.07) is 6.78. The summed E-state index contributed by atoms with van der Waals surface area (Å²) in [5, 5.41) is 19.7. The monoisotopic (exact) mass is 246 g/mol. The Hall–Kier alpha value is -2.13. The zero-order chi connectivity index (χ0) is 13.1. The number of nitro groups is 1. The van der Waals surface area contributed by atoms with Crippen LogP contribution in [0, 0.1) is 21.4 Å². The van der Waals surface area contributed by atoms with Crippen molar-refractivity contribution in [3.8, 4) is 6.07 Å². The fraction of sp³-hybridized carbons (Fsp3) is 0.417. The van der Waals surface area contributed by atoms with Gasteiger partial charge in [-0.2, -0.15) is 5.26 Å². The molecule has 0 spiro atoms.